The first kappa shape index (κ1) is 130. The number of nitrogens with one attached hydrogen (secondary N) is 6. The molecule has 0 heterocycles. The maximum absolute atomic E-state index is 12.0. The fraction of sp³-hybridized carbons (Fsp3) is 0.536. The molecule has 790 valence electrons. The summed E-state index contributed by atoms with van der Waals surface area (Å²) in [6.45, 7) is 24.9. The van der Waals surface area contributed by atoms with Gasteiger partial charge in [-0.05, 0) is 186 Å². The molecule has 3 aromatic rings. The number of amides is 5. The predicted octanol–water partition coefficient (Wildman–Crippen LogP) is 4.56. The molecule has 45 heteroatoms. The van der Waals surface area contributed by atoms with Gasteiger partial charge in [-0.2, -0.15) is 0 Å². The van der Waals surface area contributed by atoms with Gasteiger partial charge in [-0.3, -0.25) is 86.3 Å². The van der Waals surface area contributed by atoms with E-state index in [0.717, 1.165) is 31.1 Å². The number of hydrogen-bond donors (Lipinski definition) is 9. The molecule has 0 unspecified atom stereocenters. The Morgan fingerprint density at radius 3 is 0.746 bits per heavy atom. The zero-order chi connectivity index (χ0) is 107. The highest BCUT2D eigenvalue weighted by Crippen LogP contribution is 2.21. The summed E-state index contributed by atoms with van der Waals surface area (Å²) in [4.78, 5) is 239. The predicted molar refractivity (Wildman–Crippen MR) is 504 cm³/mol. The van der Waals surface area contributed by atoms with Crippen LogP contribution in [-0.4, -0.2) is 302 Å². The summed E-state index contributed by atoms with van der Waals surface area (Å²) in [5.41, 5.74) is -3.40. The molecule has 0 aliphatic heterocycles. The molecular weight excluding hydrogens is 1870 g/mol. The standard InChI is InChI=1S/C32H40N2O12.C19H30N2O8.C18H26N2O6.C15H22O7.C13H20O6/c1-31(2,41)29(39)21-5-9-23(10-6-21)43-15-17-45-27(37)19-25(35)33-13-14-34-26(36)20-28(38)46-18-16-44-24-11-7-22(8-12-24)30(40)32(3,4)42;1-3-15(22)20-9-10-21-16(23)14-19(26)27-11-7-5-6-8-18(25)29-13-12-28-17(24)4-2;1-18(2,24)17(23)13-4-6-14(7-5-13)25-10-11-26-16(22)12-15(21)20-9-8-19-3;1-3-13(17)21-9-10-22-14(18)7-5-4-6-8-20-15(19)11-12(2)16;1-3-12(15)18-9-10-19-13(16)7-5-4-6-8-17-11(2)14/h5-12,41-42H,13-20H2,1-4H3,(H,33,35)(H,34,36);4H,2-3,5-14H2,1H3,(H,20,22)(H,21,23);4-7,19,24H,8-12H2,1-3H3,(H,20,21);3H,1,4-11H2,2H3;3H,1,4-10H2,2H3. The zero-order valence-electron chi connectivity index (χ0n) is 82.4. The van der Waals surface area contributed by atoms with E-state index < -0.39 is 119 Å². The molecular formula is C97H138N6O39. The minimum Gasteiger partial charge on any atom is -0.490 e. The highest BCUT2D eigenvalue weighted by Gasteiger charge is 2.28. The molecule has 0 saturated carbocycles. The molecule has 9 N–H and O–H groups in total. The van der Waals surface area contributed by atoms with Crippen LogP contribution in [0.15, 0.2) is 111 Å². The normalized spacial score (nSPS) is 10.4. The summed E-state index contributed by atoms with van der Waals surface area (Å²) < 4.78 is 74.2. The van der Waals surface area contributed by atoms with Crippen molar-refractivity contribution in [2.24, 2.45) is 0 Å². The molecule has 0 spiro atoms. The summed E-state index contributed by atoms with van der Waals surface area (Å²) in [5.74, 6) is -8.76. The molecule has 3 rings (SSSR count). The van der Waals surface area contributed by atoms with E-state index in [1.807, 2.05) is 0 Å². The number of carbonyl (C=O) groups is 21. The third-order valence-corrected chi connectivity index (χ3v) is 17.2. The van der Waals surface area contributed by atoms with Gasteiger partial charge >= 0.3 is 71.6 Å². The molecule has 142 heavy (non-hydrogen) atoms. The van der Waals surface area contributed by atoms with Gasteiger partial charge in [-0.15, -0.1) is 0 Å². The van der Waals surface area contributed by atoms with Gasteiger partial charge in [0.1, 0.15) is 151 Å². The number of carbonyl (C=O) groups excluding carboxylic acids is 21. The number of likely N-dealkylation sites (N-methyl/N-ethyl adjacent to an activating group) is 1. The second-order valence-electron chi connectivity index (χ2n) is 31.2. The molecule has 0 bridgehead atoms. The Balaban J connectivity index is 0. The van der Waals surface area contributed by atoms with Gasteiger partial charge in [-0.1, -0.05) is 26.7 Å². The van der Waals surface area contributed by atoms with Crippen LogP contribution in [0.2, 0.25) is 0 Å². The van der Waals surface area contributed by atoms with Crippen LogP contribution in [-0.2, 0) is 143 Å². The molecule has 0 radical (unpaired) electrons. The fourth-order valence-corrected chi connectivity index (χ4v) is 10.1. The lowest BCUT2D eigenvalue weighted by Gasteiger charge is -2.15. The SMILES string of the molecule is C=CC(=O)OCCOC(=O)CCCCCOC(=O)CC(=O)NCCNC(=O)CC.C=CC(=O)OCCOC(=O)CCCCCOC(=O)CC(C)=O.C=CC(=O)OCCOC(=O)CCCCCOC(C)=O.CC(C)(O)C(=O)c1ccc(OCCOC(=O)CC(=O)NCCNC(=O)CC(=O)OCCOc2ccc(C(=O)C(C)(C)O)cc2)cc1.CNCCNC(=O)CC(=O)OCCOc1ccc(C(=O)C(C)(C)O)cc1. The Labute approximate surface area is 824 Å². The number of benzene rings is 3. The quantitative estimate of drug-likeness (QED) is 0.00934. The van der Waals surface area contributed by atoms with Gasteiger partial charge in [-0.25, -0.2) is 14.4 Å². The van der Waals surface area contributed by atoms with Gasteiger partial charge in [0.15, 0.2) is 17.3 Å². The Hall–Kier alpha value is -14.2. The van der Waals surface area contributed by atoms with E-state index in [1.54, 1.807) is 62.5 Å². The first-order valence-corrected chi connectivity index (χ1v) is 45.4. The Bertz CT molecular complexity index is 4350. The van der Waals surface area contributed by atoms with Crippen LogP contribution in [0.4, 0.5) is 0 Å². The Morgan fingerprint density at radius 1 is 0.282 bits per heavy atom. The number of Topliss-reactive ketones (excluding diaryl/α,β-unsaturated/α-hetero) is 4. The molecule has 0 fully saturated rings. The monoisotopic (exact) mass is 2010 g/mol. The number of hydrogen-bond acceptors (Lipinski definition) is 40. The third kappa shape index (κ3) is 74.8. The van der Waals surface area contributed by atoms with Crippen molar-refractivity contribution in [2.45, 2.75) is 195 Å². The largest absolute Gasteiger partial charge is 0.490 e. The summed E-state index contributed by atoms with van der Waals surface area (Å²) in [6.07, 6.45) is 8.10. The van der Waals surface area contributed by atoms with Crippen molar-refractivity contribution >= 4 is 124 Å². The zero-order valence-corrected chi connectivity index (χ0v) is 82.4. The van der Waals surface area contributed by atoms with Crippen LogP contribution in [0.1, 0.15) is 209 Å². The maximum Gasteiger partial charge on any atom is 0.330 e. The summed E-state index contributed by atoms with van der Waals surface area (Å²) in [7, 11) is 1.76. The van der Waals surface area contributed by atoms with E-state index >= 15 is 0 Å². The van der Waals surface area contributed by atoms with Crippen molar-refractivity contribution in [2.75, 3.05) is 145 Å². The van der Waals surface area contributed by atoms with Gasteiger partial charge in [0, 0.05) is 107 Å². The average Bonchev–Trinajstić information content (AvgIpc) is 0.856. The lowest BCUT2D eigenvalue weighted by molar-refractivity contribution is -0.150. The summed E-state index contributed by atoms with van der Waals surface area (Å²) in [5, 5.41) is 44.7. The van der Waals surface area contributed by atoms with Gasteiger partial charge in [0.25, 0.3) is 0 Å². The van der Waals surface area contributed by atoms with E-state index in [0.29, 0.717) is 118 Å². The topological polar surface area (TPSA) is 630 Å². The lowest BCUT2D eigenvalue weighted by Crippen LogP contribution is -2.36. The van der Waals surface area contributed by atoms with Crippen molar-refractivity contribution in [3.63, 3.8) is 0 Å². The minimum absolute atomic E-state index is 0.00267. The van der Waals surface area contributed by atoms with Crippen LogP contribution in [0.3, 0.4) is 0 Å². The maximum atomic E-state index is 12.0. The lowest BCUT2D eigenvalue weighted by atomic mass is 9.97. The first-order valence-electron chi connectivity index (χ1n) is 45.4. The van der Waals surface area contributed by atoms with Crippen LogP contribution in [0.5, 0.6) is 17.2 Å². The van der Waals surface area contributed by atoms with Crippen molar-refractivity contribution in [3.8, 4) is 17.2 Å². The molecule has 0 aliphatic carbocycles. The van der Waals surface area contributed by atoms with Crippen molar-refractivity contribution in [1.82, 2.24) is 31.9 Å². The fourth-order valence-electron chi connectivity index (χ4n) is 10.1. The first-order chi connectivity index (χ1) is 67.2. The van der Waals surface area contributed by atoms with Crippen LogP contribution >= 0.6 is 0 Å². The van der Waals surface area contributed by atoms with Crippen LogP contribution in [0.25, 0.3) is 0 Å². The Kier molecular flexibility index (Phi) is 71.8. The average molecular weight is 2010 g/mol. The van der Waals surface area contributed by atoms with E-state index in [-0.39, 0.29) is 180 Å². The highest BCUT2D eigenvalue weighted by molar-refractivity contribution is 6.03. The van der Waals surface area contributed by atoms with Crippen molar-refractivity contribution < 1.29 is 187 Å². The number of rotatable bonds is 68. The second kappa shape index (κ2) is 78.6. The number of esters is 12. The molecule has 0 aromatic heterocycles. The van der Waals surface area contributed by atoms with Crippen LogP contribution in [0, 0.1) is 0 Å². The van der Waals surface area contributed by atoms with E-state index in [1.165, 1.54) is 79.7 Å². The van der Waals surface area contributed by atoms with E-state index in [4.69, 9.17) is 56.8 Å². The number of ether oxygens (including phenoxy) is 15. The summed E-state index contributed by atoms with van der Waals surface area (Å²) in [6, 6.07) is 18.5. The molecule has 3 aromatic carbocycles. The van der Waals surface area contributed by atoms with E-state index in [2.05, 4.69) is 65.8 Å². The Morgan fingerprint density at radius 2 is 0.507 bits per heavy atom. The molecule has 0 aliphatic rings. The number of ketones is 4. The van der Waals surface area contributed by atoms with Gasteiger partial charge in [0.05, 0.1) is 19.8 Å². The van der Waals surface area contributed by atoms with Crippen molar-refractivity contribution in [1.29, 1.82) is 0 Å². The molecule has 5 amide bonds. The van der Waals surface area contributed by atoms with Crippen molar-refractivity contribution in [3.05, 3.63) is 127 Å². The van der Waals surface area contributed by atoms with Crippen LogP contribution < -0.4 is 46.1 Å². The highest BCUT2D eigenvalue weighted by atomic mass is 16.6. The molecule has 0 saturated heterocycles. The molecule has 45 nitrogen and oxygen atoms in total. The number of unbranched alkanes of at least 4 members (excludes halogenated alkanes) is 6. The summed E-state index contributed by atoms with van der Waals surface area (Å²) >= 11 is 0. The second-order valence-corrected chi connectivity index (χ2v) is 31.2. The smallest absolute Gasteiger partial charge is 0.330 e. The molecule has 0 atom stereocenters. The van der Waals surface area contributed by atoms with E-state index in [9.17, 15) is 116 Å². The van der Waals surface area contributed by atoms with Gasteiger partial charge in [0.2, 0.25) is 29.5 Å². The third-order valence-electron chi connectivity index (χ3n) is 17.2. The minimum atomic E-state index is -1.49. The number of aliphatic hydroxyl groups is 3. The van der Waals surface area contributed by atoms with Gasteiger partial charge < -0.3 is 118 Å².